The second kappa shape index (κ2) is 10.2. The number of ketones is 1. The van der Waals surface area contributed by atoms with Gasteiger partial charge in [-0.3, -0.25) is 34.6 Å². The summed E-state index contributed by atoms with van der Waals surface area (Å²) in [4.78, 5) is 49.7. The smallest absolute Gasteiger partial charge is 0.269 e. The lowest BCUT2D eigenvalue weighted by Crippen LogP contribution is -2.61. The summed E-state index contributed by atoms with van der Waals surface area (Å²) in [5.41, 5.74) is 0.902. The van der Waals surface area contributed by atoms with Crippen LogP contribution in [0.5, 0.6) is 0 Å². The van der Waals surface area contributed by atoms with Crippen molar-refractivity contribution >= 4 is 17.4 Å². The Morgan fingerprint density at radius 1 is 0.881 bits per heavy atom. The number of non-ortho nitro benzene ring substituents is 1. The SMILES string of the molecule is O=C(/C=C1/NC(Cc2ccncc2)(Cc2ccncc2)C(=O)N1C12CC3CC(CC(C3)C1)C2)c1ccc([N+](=O)[O-])cc1. The van der Waals surface area contributed by atoms with E-state index in [0.717, 1.165) is 30.4 Å². The summed E-state index contributed by atoms with van der Waals surface area (Å²) in [5.74, 6) is 2.05. The van der Waals surface area contributed by atoms with Crippen molar-refractivity contribution in [2.45, 2.75) is 62.4 Å². The topological polar surface area (TPSA) is 118 Å². The normalized spacial score (nSPS) is 28.2. The van der Waals surface area contributed by atoms with E-state index < -0.39 is 10.5 Å². The molecule has 0 spiro atoms. The highest BCUT2D eigenvalue weighted by atomic mass is 16.6. The summed E-state index contributed by atoms with van der Waals surface area (Å²) in [6.45, 7) is 0. The van der Waals surface area contributed by atoms with E-state index in [4.69, 9.17) is 0 Å². The maximum Gasteiger partial charge on any atom is 0.269 e. The van der Waals surface area contributed by atoms with Crippen molar-refractivity contribution in [1.82, 2.24) is 20.2 Å². The molecule has 4 bridgehead atoms. The van der Waals surface area contributed by atoms with Gasteiger partial charge in [0.15, 0.2) is 5.78 Å². The van der Waals surface area contributed by atoms with Gasteiger partial charge >= 0.3 is 0 Å². The van der Waals surface area contributed by atoms with Crippen LogP contribution in [0, 0.1) is 27.9 Å². The number of allylic oxidation sites excluding steroid dienone is 1. The molecule has 0 atom stereocenters. The molecule has 3 heterocycles. The Morgan fingerprint density at radius 2 is 1.38 bits per heavy atom. The quantitative estimate of drug-likeness (QED) is 0.177. The Kier molecular flexibility index (Phi) is 6.40. The van der Waals surface area contributed by atoms with Gasteiger partial charge in [-0.1, -0.05) is 0 Å². The number of hydrogen-bond acceptors (Lipinski definition) is 7. The average Bonchev–Trinajstić information content (AvgIpc) is 3.23. The van der Waals surface area contributed by atoms with Crippen LogP contribution in [-0.2, 0) is 17.6 Å². The standard InChI is InChI=1S/C33H33N5O4/c39-29(27-1-3-28(4-2-27)38(41)42)16-30-36-33(20-22-5-9-34-10-6-22,21-23-7-11-35-12-8-23)31(40)37(30)32-17-24-13-25(18-32)15-26(14-24)19-32/h1-12,16,24-26,36H,13-15,17-21H2/b30-16-. The van der Waals surface area contributed by atoms with E-state index in [1.807, 2.05) is 29.2 Å². The molecule has 1 N–H and O–H groups in total. The first-order valence-corrected chi connectivity index (χ1v) is 14.7. The third kappa shape index (κ3) is 4.66. The van der Waals surface area contributed by atoms with Gasteiger partial charge in [-0.2, -0.15) is 0 Å². The van der Waals surface area contributed by atoms with Crippen molar-refractivity contribution in [3.05, 3.63) is 112 Å². The van der Waals surface area contributed by atoms with Crippen LogP contribution in [0.3, 0.4) is 0 Å². The molecule has 1 aromatic carbocycles. The van der Waals surface area contributed by atoms with Gasteiger partial charge < -0.3 is 5.32 Å². The number of hydrogen-bond donors (Lipinski definition) is 1. The zero-order valence-corrected chi connectivity index (χ0v) is 23.3. The fraction of sp³-hybridized carbons (Fsp3) is 0.394. The van der Waals surface area contributed by atoms with Crippen molar-refractivity contribution < 1.29 is 14.5 Å². The molecule has 4 saturated carbocycles. The van der Waals surface area contributed by atoms with Crippen molar-refractivity contribution in [2.24, 2.45) is 17.8 Å². The van der Waals surface area contributed by atoms with Crippen LogP contribution in [0.15, 0.2) is 85.2 Å². The van der Waals surface area contributed by atoms with E-state index in [9.17, 15) is 14.9 Å². The van der Waals surface area contributed by atoms with Crippen molar-refractivity contribution in [3.63, 3.8) is 0 Å². The second-order valence-corrected chi connectivity index (χ2v) is 12.8. The molecule has 1 saturated heterocycles. The third-order valence-corrected chi connectivity index (χ3v) is 9.84. The van der Waals surface area contributed by atoms with E-state index in [0.29, 0.717) is 42.0 Å². The Morgan fingerprint density at radius 3 is 1.86 bits per heavy atom. The lowest BCUT2D eigenvalue weighted by atomic mass is 9.52. The Labute approximate surface area is 244 Å². The van der Waals surface area contributed by atoms with Crippen molar-refractivity contribution in [3.8, 4) is 0 Å². The summed E-state index contributed by atoms with van der Waals surface area (Å²) in [5, 5.41) is 14.8. The van der Waals surface area contributed by atoms with Crippen LogP contribution in [0.4, 0.5) is 5.69 Å². The summed E-state index contributed by atoms with van der Waals surface area (Å²) in [6, 6.07) is 13.4. The molecule has 4 aliphatic carbocycles. The Hall–Kier alpha value is -4.40. The Bertz CT molecular complexity index is 1480. The van der Waals surface area contributed by atoms with Crippen LogP contribution in [0.2, 0.25) is 0 Å². The van der Waals surface area contributed by atoms with Crippen LogP contribution >= 0.6 is 0 Å². The summed E-state index contributed by atoms with van der Waals surface area (Å²) >= 11 is 0. The van der Waals surface area contributed by atoms with Crippen LogP contribution in [0.25, 0.3) is 0 Å². The first kappa shape index (κ1) is 26.5. The average molecular weight is 564 g/mol. The highest BCUT2D eigenvalue weighted by molar-refractivity contribution is 6.06. The van der Waals surface area contributed by atoms with E-state index in [-0.39, 0.29) is 22.9 Å². The molecule has 9 nitrogen and oxygen atoms in total. The lowest BCUT2D eigenvalue weighted by Gasteiger charge is -2.59. The molecule has 1 amide bonds. The van der Waals surface area contributed by atoms with Crippen LogP contribution in [-0.4, -0.2) is 42.6 Å². The minimum Gasteiger partial charge on any atom is -0.357 e. The molecule has 3 aromatic rings. The fourth-order valence-corrected chi connectivity index (χ4v) is 8.54. The predicted octanol–water partition coefficient (Wildman–Crippen LogP) is 5.03. The molecule has 9 heteroatoms. The molecule has 5 fully saturated rings. The highest BCUT2D eigenvalue weighted by Gasteiger charge is 2.61. The van der Waals surface area contributed by atoms with Gasteiger partial charge in [0.25, 0.3) is 11.6 Å². The number of aromatic nitrogens is 2. The first-order chi connectivity index (χ1) is 20.3. The monoisotopic (exact) mass is 563 g/mol. The number of nitro groups is 1. The molecule has 0 unspecified atom stereocenters. The van der Waals surface area contributed by atoms with E-state index in [2.05, 4.69) is 15.3 Å². The molecule has 8 rings (SSSR count). The molecular formula is C33H33N5O4. The number of carbonyl (C=O) groups is 2. The molecule has 2 aromatic heterocycles. The molecule has 0 radical (unpaired) electrons. The van der Waals surface area contributed by atoms with E-state index in [1.165, 1.54) is 43.5 Å². The van der Waals surface area contributed by atoms with Crippen molar-refractivity contribution in [1.29, 1.82) is 0 Å². The molecular weight excluding hydrogens is 530 g/mol. The number of amides is 1. The number of benzene rings is 1. The predicted molar refractivity (Wildman–Crippen MR) is 155 cm³/mol. The van der Waals surface area contributed by atoms with Crippen LogP contribution < -0.4 is 5.32 Å². The number of rotatable bonds is 8. The first-order valence-electron chi connectivity index (χ1n) is 14.7. The summed E-state index contributed by atoms with van der Waals surface area (Å²) in [7, 11) is 0. The number of pyridine rings is 2. The second-order valence-electron chi connectivity index (χ2n) is 12.8. The number of nitrogens with zero attached hydrogens (tertiary/aromatic N) is 4. The van der Waals surface area contributed by atoms with E-state index in [1.54, 1.807) is 30.9 Å². The van der Waals surface area contributed by atoms with E-state index >= 15 is 4.79 Å². The number of carbonyl (C=O) groups excluding carboxylic acids is 2. The minimum absolute atomic E-state index is 0.000763. The largest absolute Gasteiger partial charge is 0.357 e. The van der Waals surface area contributed by atoms with Gasteiger partial charge in [0.1, 0.15) is 11.4 Å². The summed E-state index contributed by atoms with van der Waals surface area (Å²) < 4.78 is 0. The maximum atomic E-state index is 15.0. The van der Waals surface area contributed by atoms with Crippen LogP contribution in [0.1, 0.15) is 60.0 Å². The maximum absolute atomic E-state index is 15.0. The third-order valence-electron chi connectivity index (χ3n) is 9.84. The zero-order chi connectivity index (χ0) is 28.9. The molecule has 1 aliphatic heterocycles. The number of nitro benzene ring substituents is 1. The van der Waals surface area contributed by atoms with Gasteiger partial charge in [0, 0.05) is 61.4 Å². The fourth-order valence-electron chi connectivity index (χ4n) is 8.54. The number of nitrogens with one attached hydrogen (secondary N) is 1. The zero-order valence-electron chi connectivity index (χ0n) is 23.3. The van der Waals surface area contributed by atoms with Gasteiger partial charge in [0.2, 0.25) is 0 Å². The van der Waals surface area contributed by atoms with Gasteiger partial charge in [-0.05, 0) is 104 Å². The minimum atomic E-state index is -1.01. The molecule has 5 aliphatic rings. The molecule has 214 valence electrons. The lowest BCUT2D eigenvalue weighted by molar-refractivity contribution is -0.384. The highest BCUT2D eigenvalue weighted by Crippen LogP contribution is 2.59. The van der Waals surface area contributed by atoms with Gasteiger partial charge in [0.05, 0.1) is 10.5 Å². The Balaban J connectivity index is 1.33. The molecule has 42 heavy (non-hydrogen) atoms. The van der Waals surface area contributed by atoms with Gasteiger partial charge in [-0.25, -0.2) is 0 Å². The van der Waals surface area contributed by atoms with Crippen molar-refractivity contribution in [2.75, 3.05) is 0 Å². The summed E-state index contributed by atoms with van der Waals surface area (Å²) in [6.07, 6.45) is 15.9. The van der Waals surface area contributed by atoms with Gasteiger partial charge in [-0.15, -0.1) is 0 Å².